The van der Waals surface area contributed by atoms with Crippen LogP contribution in [0.1, 0.15) is 56.0 Å². The quantitative estimate of drug-likeness (QED) is 0.815. The Morgan fingerprint density at radius 2 is 1.76 bits per heavy atom. The van der Waals surface area contributed by atoms with Crippen LogP contribution in [0, 0.1) is 0 Å². The molecule has 3 aliphatic rings. The largest absolute Gasteiger partial charge is 0.478 e. The van der Waals surface area contributed by atoms with Crippen LogP contribution in [0.3, 0.4) is 0 Å². The van der Waals surface area contributed by atoms with Gasteiger partial charge in [0.15, 0.2) is 0 Å². The zero-order valence-electron chi connectivity index (χ0n) is 17.6. The molecule has 0 bridgehead atoms. The minimum absolute atomic E-state index is 0.133. The molecule has 1 aromatic carbocycles. The first-order valence-corrected chi connectivity index (χ1v) is 10.2. The van der Waals surface area contributed by atoms with Gasteiger partial charge in [-0.3, -0.25) is 0 Å². The maximum absolute atomic E-state index is 12.6. The Balaban J connectivity index is 1.49. The van der Waals surface area contributed by atoms with E-state index in [1.807, 2.05) is 43.9 Å². The molecule has 0 saturated carbocycles. The Morgan fingerprint density at radius 1 is 1.10 bits per heavy atom. The third-order valence-corrected chi connectivity index (χ3v) is 6.20. The summed E-state index contributed by atoms with van der Waals surface area (Å²) in [5.41, 5.74) is 1.48. The number of rotatable bonds is 2. The van der Waals surface area contributed by atoms with E-state index in [2.05, 4.69) is 10.0 Å². The van der Waals surface area contributed by atoms with Crippen LogP contribution in [0.25, 0.3) is 0 Å². The molecule has 3 aliphatic heterocycles. The number of hydrogen-bond acceptors (Lipinski definition) is 6. The number of ether oxygens (including phenoxy) is 1. The van der Waals surface area contributed by atoms with Gasteiger partial charge in [-0.25, -0.2) is 24.7 Å². The van der Waals surface area contributed by atoms with E-state index < -0.39 is 11.6 Å². The average Bonchev–Trinajstić information content (AvgIpc) is 2.94. The highest BCUT2D eigenvalue weighted by Crippen LogP contribution is 2.43. The van der Waals surface area contributed by atoms with Crippen molar-refractivity contribution in [2.75, 3.05) is 31.8 Å². The Labute approximate surface area is 171 Å². The fraction of sp³-hybridized carbons (Fsp3) is 0.619. The summed E-state index contributed by atoms with van der Waals surface area (Å²) in [7, 11) is 1.98. The van der Waals surface area contributed by atoms with Gasteiger partial charge in [-0.2, -0.15) is 0 Å². The number of nitrogens with zero attached hydrogens (tertiary/aromatic N) is 4. The standard InChI is InChI=1S/C21H30N4O4/c1-20(2,3)29-19(28)24-13-10-21(24)8-11-23(12-9-21)25-17-15(14-22(25)4)6-5-7-16(17)18(26)27/h5-7H,8-14H2,1-4H3,(H,26,27). The smallest absolute Gasteiger partial charge is 0.410 e. The molecule has 0 aliphatic carbocycles. The number of likely N-dealkylation sites (tertiary alicyclic amines) is 1. The van der Waals surface area contributed by atoms with Crippen molar-refractivity contribution < 1.29 is 19.4 Å². The minimum atomic E-state index is -0.911. The number of hydrogen-bond donors (Lipinski definition) is 1. The van der Waals surface area contributed by atoms with Crippen molar-refractivity contribution in [3.8, 4) is 0 Å². The molecule has 0 radical (unpaired) electrons. The average molecular weight is 402 g/mol. The van der Waals surface area contributed by atoms with E-state index in [1.54, 1.807) is 12.1 Å². The normalized spacial score (nSPS) is 21.8. The molecule has 1 N–H and O–H groups in total. The first-order chi connectivity index (χ1) is 13.6. The number of aromatic carboxylic acids is 1. The number of carboxylic acid groups (broad SMARTS) is 1. The summed E-state index contributed by atoms with van der Waals surface area (Å²) < 4.78 is 5.59. The molecule has 1 amide bonds. The van der Waals surface area contributed by atoms with E-state index in [4.69, 9.17) is 4.74 Å². The number of amides is 1. The van der Waals surface area contributed by atoms with Crippen LogP contribution in [0.5, 0.6) is 0 Å². The van der Waals surface area contributed by atoms with Crippen LogP contribution in [0.15, 0.2) is 18.2 Å². The number of carboxylic acids is 1. The predicted molar refractivity (Wildman–Crippen MR) is 108 cm³/mol. The van der Waals surface area contributed by atoms with Crippen molar-refractivity contribution >= 4 is 17.7 Å². The third kappa shape index (κ3) is 3.44. The van der Waals surface area contributed by atoms with Gasteiger partial charge in [0.1, 0.15) is 5.60 Å². The van der Waals surface area contributed by atoms with Crippen LogP contribution in [-0.2, 0) is 11.3 Å². The van der Waals surface area contributed by atoms with Gasteiger partial charge >= 0.3 is 12.1 Å². The molecule has 4 rings (SSSR count). The molecule has 8 nitrogen and oxygen atoms in total. The lowest BCUT2D eigenvalue weighted by Crippen LogP contribution is -2.68. The van der Waals surface area contributed by atoms with Gasteiger partial charge in [0.25, 0.3) is 0 Å². The van der Waals surface area contributed by atoms with Crippen LogP contribution in [-0.4, -0.2) is 69.9 Å². The predicted octanol–water partition coefficient (Wildman–Crippen LogP) is 2.94. The first kappa shape index (κ1) is 20.0. The maximum atomic E-state index is 12.6. The lowest BCUT2D eigenvalue weighted by Gasteiger charge is -2.57. The molecule has 1 spiro atoms. The number of carbonyl (C=O) groups excluding carboxylic acids is 1. The molecule has 158 valence electrons. The van der Waals surface area contributed by atoms with Gasteiger partial charge < -0.3 is 14.7 Å². The number of para-hydroxylation sites is 1. The van der Waals surface area contributed by atoms with E-state index in [0.29, 0.717) is 12.1 Å². The summed E-state index contributed by atoms with van der Waals surface area (Å²) in [4.78, 5) is 26.2. The van der Waals surface area contributed by atoms with Crippen molar-refractivity contribution in [1.82, 2.24) is 14.9 Å². The third-order valence-electron chi connectivity index (χ3n) is 6.20. The molecule has 1 aromatic rings. The zero-order valence-corrected chi connectivity index (χ0v) is 17.6. The molecule has 0 aromatic heterocycles. The van der Waals surface area contributed by atoms with Crippen molar-refractivity contribution in [2.45, 2.75) is 57.7 Å². The molecule has 2 fully saturated rings. The van der Waals surface area contributed by atoms with Gasteiger partial charge in [0.05, 0.1) is 16.8 Å². The highest BCUT2D eigenvalue weighted by atomic mass is 16.6. The van der Waals surface area contributed by atoms with Crippen LogP contribution < -0.4 is 5.12 Å². The highest BCUT2D eigenvalue weighted by molar-refractivity contribution is 5.95. The monoisotopic (exact) mass is 402 g/mol. The topological polar surface area (TPSA) is 76.6 Å². The van der Waals surface area contributed by atoms with E-state index in [1.165, 1.54) is 0 Å². The van der Waals surface area contributed by atoms with Gasteiger partial charge in [0, 0.05) is 33.2 Å². The SMILES string of the molecule is CN1Cc2cccc(C(=O)O)c2N1N1CCC2(CC1)CCN2C(=O)OC(C)(C)C. The minimum Gasteiger partial charge on any atom is -0.478 e. The summed E-state index contributed by atoms with van der Waals surface area (Å²) >= 11 is 0. The maximum Gasteiger partial charge on any atom is 0.410 e. The molecular weight excluding hydrogens is 372 g/mol. The summed E-state index contributed by atoms with van der Waals surface area (Å²) in [6.45, 7) is 8.61. The van der Waals surface area contributed by atoms with Gasteiger partial charge in [-0.05, 0) is 51.7 Å². The molecule has 8 heteroatoms. The fourth-order valence-corrected chi connectivity index (χ4v) is 4.73. The summed E-state index contributed by atoms with van der Waals surface area (Å²) in [5, 5.41) is 15.9. The number of anilines is 1. The van der Waals surface area contributed by atoms with Crippen molar-refractivity contribution in [3.63, 3.8) is 0 Å². The van der Waals surface area contributed by atoms with Crippen molar-refractivity contribution in [2.24, 2.45) is 0 Å². The van der Waals surface area contributed by atoms with Crippen molar-refractivity contribution in [3.05, 3.63) is 29.3 Å². The molecule has 0 atom stereocenters. The Bertz CT molecular complexity index is 826. The first-order valence-electron chi connectivity index (χ1n) is 10.2. The lowest BCUT2D eigenvalue weighted by atomic mass is 9.77. The van der Waals surface area contributed by atoms with Gasteiger partial charge in [-0.1, -0.05) is 12.1 Å². The van der Waals surface area contributed by atoms with E-state index in [9.17, 15) is 14.7 Å². The van der Waals surface area contributed by atoms with Crippen LogP contribution >= 0.6 is 0 Å². The van der Waals surface area contributed by atoms with Crippen molar-refractivity contribution in [1.29, 1.82) is 0 Å². The van der Waals surface area contributed by atoms with E-state index >= 15 is 0 Å². The highest BCUT2D eigenvalue weighted by Gasteiger charge is 2.51. The second-order valence-corrected chi connectivity index (χ2v) is 9.28. The van der Waals surface area contributed by atoms with Gasteiger partial charge in [0.2, 0.25) is 0 Å². The molecular formula is C21H30N4O4. The number of benzene rings is 1. The van der Waals surface area contributed by atoms with Crippen LogP contribution in [0.4, 0.5) is 10.5 Å². The Hall–Kier alpha value is -2.32. The number of carbonyl (C=O) groups is 2. The Kier molecular flexibility index (Phi) is 4.74. The second-order valence-electron chi connectivity index (χ2n) is 9.28. The van der Waals surface area contributed by atoms with E-state index in [0.717, 1.165) is 50.1 Å². The molecule has 0 unspecified atom stereocenters. The van der Waals surface area contributed by atoms with E-state index in [-0.39, 0.29) is 11.6 Å². The lowest BCUT2D eigenvalue weighted by molar-refractivity contribution is -0.0754. The van der Waals surface area contributed by atoms with Crippen LogP contribution in [0.2, 0.25) is 0 Å². The summed E-state index contributed by atoms with van der Waals surface area (Å²) in [6, 6.07) is 5.45. The zero-order chi connectivity index (χ0) is 21.0. The molecule has 29 heavy (non-hydrogen) atoms. The Morgan fingerprint density at radius 3 is 2.31 bits per heavy atom. The summed E-state index contributed by atoms with van der Waals surface area (Å²) in [5.74, 6) is -0.911. The summed E-state index contributed by atoms with van der Waals surface area (Å²) in [6.07, 6.45) is 2.46. The number of fused-ring (bicyclic) bond motifs is 1. The molecule has 2 saturated heterocycles. The molecule has 3 heterocycles. The van der Waals surface area contributed by atoms with Gasteiger partial charge in [-0.15, -0.1) is 0 Å². The fourth-order valence-electron chi connectivity index (χ4n) is 4.73. The second kappa shape index (κ2) is 6.88. The number of piperidine rings is 1. The number of hydrazine groups is 2.